The van der Waals surface area contributed by atoms with Gasteiger partial charge in [0.2, 0.25) is 6.41 Å². The van der Waals surface area contributed by atoms with Crippen LogP contribution in [0.3, 0.4) is 0 Å². The van der Waals surface area contributed by atoms with E-state index < -0.39 is 0 Å². The number of hydrogen-bond acceptors (Lipinski definition) is 3. The molecule has 0 bridgehead atoms. The molecule has 16 heavy (non-hydrogen) atoms. The minimum atomic E-state index is 0.239. The van der Waals surface area contributed by atoms with Crippen molar-refractivity contribution in [1.29, 1.82) is 0 Å². The lowest BCUT2D eigenvalue weighted by molar-refractivity contribution is -0.115. The summed E-state index contributed by atoms with van der Waals surface area (Å²) in [6.07, 6.45) is 2.42. The number of phenols is 1. The van der Waals surface area contributed by atoms with Crippen molar-refractivity contribution in [3.63, 3.8) is 0 Å². The monoisotopic (exact) mass is 218 g/mol. The molecular formula is C12H14N2O2. The van der Waals surface area contributed by atoms with Crippen molar-refractivity contribution in [3.05, 3.63) is 36.5 Å². The zero-order valence-electron chi connectivity index (χ0n) is 9.29. The van der Waals surface area contributed by atoms with Gasteiger partial charge >= 0.3 is 0 Å². The van der Waals surface area contributed by atoms with Crippen molar-refractivity contribution in [2.24, 2.45) is 0 Å². The summed E-state index contributed by atoms with van der Waals surface area (Å²) in [4.78, 5) is 14.9. The standard InChI is InChI=1S/C9H7NO.C3H7NO/c11-8-5-1-3-7-4-2-6-10-9(7)8;1-4(2)3-5/h1-6,11H;3H,1-2H3. The summed E-state index contributed by atoms with van der Waals surface area (Å²) in [5.41, 5.74) is 0.662. The molecule has 84 valence electrons. The summed E-state index contributed by atoms with van der Waals surface area (Å²) in [6, 6.07) is 9.13. The van der Waals surface area contributed by atoms with Gasteiger partial charge in [-0.2, -0.15) is 0 Å². The summed E-state index contributed by atoms with van der Waals surface area (Å²) in [5, 5.41) is 10.3. The van der Waals surface area contributed by atoms with Gasteiger partial charge < -0.3 is 10.0 Å². The van der Waals surface area contributed by atoms with Gasteiger partial charge in [0.05, 0.1) is 0 Å². The summed E-state index contributed by atoms with van der Waals surface area (Å²) >= 11 is 0. The fourth-order valence-corrected chi connectivity index (χ4v) is 1.09. The lowest BCUT2D eigenvalue weighted by Crippen LogP contribution is -2.06. The largest absolute Gasteiger partial charge is 0.506 e. The van der Waals surface area contributed by atoms with Gasteiger partial charge in [-0.25, -0.2) is 0 Å². The van der Waals surface area contributed by atoms with E-state index in [-0.39, 0.29) is 5.75 Å². The van der Waals surface area contributed by atoms with Gasteiger partial charge in [0.15, 0.2) is 0 Å². The number of aromatic nitrogens is 1. The van der Waals surface area contributed by atoms with Crippen molar-refractivity contribution in [2.45, 2.75) is 0 Å². The van der Waals surface area contributed by atoms with Crippen molar-refractivity contribution in [3.8, 4) is 5.75 Å². The van der Waals surface area contributed by atoms with Crippen molar-refractivity contribution in [2.75, 3.05) is 14.1 Å². The number of carbonyl (C=O) groups excluding carboxylic acids is 1. The predicted molar refractivity (Wildman–Crippen MR) is 63.2 cm³/mol. The molecule has 0 aliphatic carbocycles. The lowest BCUT2D eigenvalue weighted by Gasteiger charge is -1.96. The summed E-state index contributed by atoms with van der Waals surface area (Å²) in [5.74, 6) is 0.239. The quantitative estimate of drug-likeness (QED) is 0.740. The molecule has 1 N–H and O–H groups in total. The Kier molecular flexibility index (Phi) is 4.27. The van der Waals surface area contributed by atoms with Crippen LogP contribution < -0.4 is 0 Å². The molecule has 2 rings (SSSR count). The van der Waals surface area contributed by atoms with E-state index in [2.05, 4.69) is 4.98 Å². The predicted octanol–water partition coefficient (Wildman–Crippen LogP) is 1.64. The van der Waals surface area contributed by atoms with E-state index in [0.717, 1.165) is 11.8 Å². The third kappa shape index (κ3) is 3.24. The van der Waals surface area contributed by atoms with Crippen LogP contribution in [0.1, 0.15) is 0 Å². The normalized spacial score (nSPS) is 9.12. The second kappa shape index (κ2) is 5.70. The van der Waals surface area contributed by atoms with Gasteiger partial charge in [-0.15, -0.1) is 0 Å². The van der Waals surface area contributed by atoms with E-state index in [1.54, 1.807) is 32.4 Å². The maximum absolute atomic E-state index is 9.43. The molecule has 1 aromatic heterocycles. The second-order valence-electron chi connectivity index (χ2n) is 3.42. The van der Waals surface area contributed by atoms with E-state index in [1.165, 1.54) is 4.90 Å². The average Bonchev–Trinajstić information content (AvgIpc) is 2.30. The highest BCUT2D eigenvalue weighted by molar-refractivity contribution is 5.83. The lowest BCUT2D eigenvalue weighted by atomic mass is 10.2. The first-order valence-corrected chi connectivity index (χ1v) is 4.79. The molecule has 2 aromatic rings. The minimum absolute atomic E-state index is 0.239. The molecule has 1 aromatic carbocycles. The van der Waals surface area contributed by atoms with Gasteiger partial charge in [-0.3, -0.25) is 9.78 Å². The molecule has 1 amide bonds. The van der Waals surface area contributed by atoms with Crippen molar-refractivity contribution >= 4 is 17.3 Å². The van der Waals surface area contributed by atoms with Crippen LogP contribution in [0.2, 0.25) is 0 Å². The Labute approximate surface area is 94.1 Å². The number of nitrogens with zero attached hydrogens (tertiary/aromatic N) is 2. The van der Waals surface area contributed by atoms with Crippen LogP contribution in [0.15, 0.2) is 36.5 Å². The third-order valence-corrected chi connectivity index (χ3v) is 1.82. The number of phenolic OH excluding ortho intramolecular Hbond substituents is 1. The van der Waals surface area contributed by atoms with E-state index in [0.29, 0.717) is 5.52 Å². The molecule has 0 saturated heterocycles. The van der Waals surface area contributed by atoms with Crippen LogP contribution in [0.4, 0.5) is 0 Å². The number of amides is 1. The molecule has 4 heteroatoms. The molecule has 0 aliphatic rings. The molecule has 4 nitrogen and oxygen atoms in total. The van der Waals surface area contributed by atoms with Gasteiger partial charge in [0, 0.05) is 25.7 Å². The minimum Gasteiger partial charge on any atom is -0.506 e. The Morgan fingerprint density at radius 1 is 1.25 bits per heavy atom. The number of para-hydroxylation sites is 1. The number of fused-ring (bicyclic) bond motifs is 1. The van der Waals surface area contributed by atoms with Crippen LogP contribution in [-0.2, 0) is 4.79 Å². The Hall–Kier alpha value is -2.10. The van der Waals surface area contributed by atoms with E-state index in [9.17, 15) is 9.90 Å². The van der Waals surface area contributed by atoms with Crippen molar-refractivity contribution < 1.29 is 9.90 Å². The van der Waals surface area contributed by atoms with Crippen LogP contribution in [0, 0.1) is 0 Å². The fraction of sp³-hybridized carbons (Fsp3) is 0.167. The first kappa shape index (κ1) is 12.0. The number of pyridine rings is 1. The molecule has 0 atom stereocenters. The number of hydrogen-bond donors (Lipinski definition) is 1. The Bertz CT molecular complexity index is 464. The summed E-state index contributed by atoms with van der Waals surface area (Å²) in [7, 11) is 3.38. The zero-order chi connectivity index (χ0) is 12.0. The van der Waals surface area contributed by atoms with Crippen LogP contribution >= 0.6 is 0 Å². The summed E-state index contributed by atoms with van der Waals surface area (Å²) < 4.78 is 0. The van der Waals surface area contributed by atoms with Crippen LogP contribution in [0.25, 0.3) is 10.9 Å². The molecule has 0 radical (unpaired) electrons. The summed E-state index contributed by atoms with van der Waals surface area (Å²) in [6.45, 7) is 0. The third-order valence-electron chi connectivity index (χ3n) is 1.82. The number of aromatic hydroxyl groups is 1. The Morgan fingerprint density at radius 3 is 2.44 bits per heavy atom. The molecule has 0 saturated carbocycles. The SMILES string of the molecule is CN(C)C=O.Oc1cccc2cccnc12. The second-order valence-corrected chi connectivity index (χ2v) is 3.42. The van der Waals surface area contributed by atoms with E-state index in [4.69, 9.17) is 0 Å². The topological polar surface area (TPSA) is 53.4 Å². The van der Waals surface area contributed by atoms with Gasteiger partial charge in [-0.1, -0.05) is 18.2 Å². The highest BCUT2D eigenvalue weighted by atomic mass is 16.3. The Balaban J connectivity index is 0.000000221. The number of carbonyl (C=O) groups is 1. The smallest absolute Gasteiger partial charge is 0.209 e. The number of rotatable bonds is 1. The fourth-order valence-electron chi connectivity index (χ4n) is 1.09. The average molecular weight is 218 g/mol. The van der Waals surface area contributed by atoms with Gasteiger partial charge in [-0.05, 0) is 12.1 Å². The first-order chi connectivity index (χ1) is 7.65. The molecule has 1 heterocycles. The first-order valence-electron chi connectivity index (χ1n) is 4.79. The highest BCUT2D eigenvalue weighted by Gasteiger charge is 1.96. The maximum Gasteiger partial charge on any atom is 0.209 e. The van der Waals surface area contributed by atoms with E-state index in [1.807, 2.05) is 18.2 Å². The molecule has 0 unspecified atom stereocenters. The van der Waals surface area contributed by atoms with Crippen LogP contribution in [-0.4, -0.2) is 35.5 Å². The van der Waals surface area contributed by atoms with Crippen molar-refractivity contribution in [1.82, 2.24) is 9.88 Å². The van der Waals surface area contributed by atoms with E-state index >= 15 is 0 Å². The highest BCUT2D eigenvalue weighted by Crippen LogP contribution is 2.20. The van der Waals surface area contributed by atoms with Crippen LogP contribution in [0.5, 0.6) is 5.75 Å². The zero-order valence-corrected chi connectivity index (χ0v) is 9.29. The molecular weight excluding hydrogens is 204 g/mol. The van der Waals surface area contributed by atoms with Gasteiger partial charge in [0.1, 0.15) is 11.3 Å². The Morgan fingerprint density at radius 2 is 1.88 bits per heavy atom. The van der Waals surface area contributed by atoms with Gasteiger partial charge in [0.25, 0.3) is 0 Å². The molecule has 0 spiro atoms. The maximum atomic E-state index is 9.43. The number of benzene rings is 1. The molecule has 0 fully saturated rings. The molecule has 0 aliphatic heterocycles.